The van der Waals surface area contributed by atoms with E-state index in [0.717, 1.165) is 34.0 Å². The summed E-state index contributed by atoms with van der Waals surface area (Å²) in [7, 11) is 0. The number of ether oxygens (including phenoxy) is 1. The Morgan fingerprint density at radius 1 is 1.41 bits per heavy atom. The predicted molar refractivity (Wildman–Crippen MR) is 72.8 cm³/mol. The first-order chi connectivity index (χ1) is 8.33. The number of para-hydroxylation sites is 1. The number of benzene rings is 1. The number of fused-ring (bicyclic) bond motifs is 1. The lowest BCUT2D eigenvalue weighted by Crippen LogP contribution is -1.98. The van der Waals surface area contributed by atoms with Crippen LogP contribution in [0.3, 0.4) is 0 Å². The van der Waals surface area contributed by atoms with Crippen LogP contribution in [0, 0.1) is 0 Å². The largest absolute Gasteiger partial charge is 0.485 e. The van der Waals surface area contributed by atoms with Crippen molar-refractivity contribution < 1.29 is 4.74 Å². The van der Waals surface area contributed by atoms with E-state index >= 15 is 0 Å². The van der Waals surface area contributed by atoms with E-state index in [-0.39, 0.29) is 0 Å². The van der Waals surface area contributed by atoms with Crippen molar-refractivity contribution in [3.05, 3.63) is 38.6 Å². The molecule has 1 aliphatic rings. The second-order valence-corrected chi connectivity index (χ2v) is 5.80. The summed E-state index contributed by atoms with van der Waals surface area (Å²) in [5.41, 5.74) is 0. The number of hydrogen-bond acceptors (Lipinski definition) is 4. The topological polar surface area (TPSA) is 34.1 Å². The Kier molecular flexibility index (Phi) is 3.03. The van der Waals surface area contributed by atoms with Crippen LogP contribution in [0.2, 0.25) is 0 Å². The third kappa shape index (κ3) is 2.30. The van der Waals surface area contributed by atoms with E-state index in [9.17, 15) is 0 Å². The van der Waals surface area contributed by atoms with E-state index in [4.69, 9.17) is 4.74 Å². The van der Waals surface area contributed by atoms with E-state index in [0.29, 0.717) is 6.61 Å². The first-order valence-electron chi connectivity index (χ1n) is 5.43. The summed E-state index contributed by atoms with van der Waals surface area (Å²) in [4.78, 5) is 5.85. The van der Waals surface area contributed by atoms with Gasteiger partial charge in [0.2, 0.25) is 0 Å². The molecule has 3 nitrogen and oxygen atoms in total. The highest BCUT2D eigenvalue weighted by molar-refractivity contribution is 9.10. The Balaban J connectivity index is 1.70. The molecule has 0 amide bonds. The lowest BCUT2D eigenvalue weighted by atomic mass is 10.3. The zero-order valence-corrected chi connectivity index (χ0v) is 11.5. The fourth-order valence-corrected chi connectivity index (χ4v) is 3.12. The molecule has 1 aliphatic heterocycles. The minimum atomic E-state index is 0.530. The van der Waals surface area contributed by atoms with E-state index in [1.807, 2.05) is 24.3 Å². The highest BCUT2D eigenvalue weighted by Gasteiger charge is 2.16. The number of anilines is 1. The summed E-state index contributed by atoms with van der Waals surface area (Å²) in [6.07, 6.45) is 1.09. The van der Waals surface area contributed by atoms with Crippen molar-refractivity contribution >= 4 is 33.1 Å². The maximum absolute atomic E-state index is 5.73. The number of rotatable bonds is 3. The summed E-state index contributed by atoms with van der Waals surface area (Å²) in [5, 5.41) is 4.29. The Bertz CT molecular complexity index is 520. The zero-order valence-electron chi connectivity index (χ0n) is 9.07. The monoisotopic (exact) mass is 310 g/mol. The molecule has 1 aromatic heterocycles. The van der Waals surface area contributed by atoms with Crippen molar-refractivity contribution in [2.24, 2.45) is 0 Å². The van der Waals surface area contributed by atoms with Crippen molar-refractivity contribution in [1.82, 2.24) is 4.98 Å². The van der Waals surface area contributed by atoms with Crippen LogP contribution in [-0.2, 0) is 13.0 Å². The molecule has 0 spiro atoms. The molecule has 1 aromatic carbocycles. The summed E-state index contributed by atoms with van der Waals surface area (Å²) in [5.74, 6) is 1.90. The Morgan fingerprint density at radius 3 is 3.12 bits per heavy atom. The third-order valence-electron chi connectivity index (χ3n) is 2.57. The van der Waals surface area contributed by atoms with Crippen molar-refractivity contribution in [2.45, 2.75) is 13.0 Å². The van der Waals surface area contributed by atoms with E-state index in [1.54, 1.807) is 11.3 Å². The maximum atomic E-state index is 5.73. The number of hydrogen-bond donors (Lipinski definition) is 1. The van der Waals surface area contributed by atoms with E-state index in [2.05, 4.69) is 26.2 Å². The predicted octanol–water partition coefficient (Wildman–Crippen LogP) is 3.45. The number of halogens is 1. The molecule has 3 rings (SSSR count). The maximum Gasteiger partial charge on any atom is 0.140 e. The minimum absolute atomic E-state index is 0.530. The molecule has 0 fully saturated rings. The van der Waals surface area contributed by atoms with Gasteiger partial charge < -0.3 is 10.1 Å². The van der Waals surface area contributed by atoms with Crippen LogP contribution >= 0.6 is 27.3 Å². The molecule has 2 aromatic rings. The van der Waals surface area contributed by atoms with Gasteiger partial charge in [-0.15, -0.1) is 11.3 Å². The molecule has 0 saturated carbocycles. The molecule has 0 bridgehead atoms. The van der Waals surface area contributed by atoms with Crippen molar-refractivity contribution in [2.75, 3.05) is 11.9 Å². The molecule has 0 saturated heterocycles. The quantitative estimate of drug-likeness (QED) is 0.943. The Morgan fingerprint density at radius 2 is 2.29 bits per heavy atom. The average Bonchev–Trinajstić information content (AvgIpc) is 2.88. The van der Waals surface area contributed by atoms with Crippen LogP contribution in [-0.4, -0.2) is 11.5 Å². The lowest BCUT2D eigenvalue weighted by Gasteiger charge is -2.05. The van der Waals surface area contributed by atoms with Gasteiger partial charge in [-0.1, -0.05) is 12.1 Å². The smallest absolute Gasteiger partial charge is 0.140 e. The van der Waals surface area contributed by atoms with Gasteiger partial charge >= 0.3 is 0 Å². The van der Waals surface area contributed by atoms with Gasteiger partial charge in [-0.3, -0.25) is 0 Å². The van der Waals surface area contributed by atoms with Gasteiger partial charge in [-0.05, 0) is 28.1 Å². The first kappa shape index (κ1) is 11.0. The van der Waals surface area contributed by atoms with Crippen LogP contribution in [0.1, 0.15) is 9.88 Å². The minimum Gasteiger partial charge on any atom is -0.485 e. The third-order valence-corrected chi connectivity index (χ3v) is 4.32. The zero-order chi connectivity index (χ0) is 11.7. The van der Waals surface area contributed by atoms with Gasteiger partial charge in [0.15, 0.2) is 0 Å². The molecule has 0 unspecified atom stereocenters. The van der Waals surface area contributed by atoms with Crippen LogP contribution in [0.4, 0.5) is 5.82 Å². The van der Waals surface area contributed by atoms with Crippen LogP contribution in [0.25, 0.3) is 0 Å². The van der Waals surface area contributed by atoms with E-state index < -0.39 is 0 Å². The molecule has 0 aliphatic carbocycles. The number of nitrogens with one attached hydrogen (secondary N) is 1. The molecule has 17 heavy (non-hydrogen) atoms. The fraction of sp³-hybridized carbons (Fsp3) is 0.250. The number of thiazole rings is 1. The molecule has 1 N–H and O–H groups in total. The second kappa shape index (κ2) is 4.66. The molecular formula is C12H11BrN2OS. The fourth-order valence-electron chi connectivity index (χ4n) is 1.77. The van der Waals surface area contributed by atoms with Crippen molar-refractivity contribution in [3.8, 4) is 5.75 Å². The number of nitrogens with zero attached hydrogens (tertiary/aromatic N) is 1. The molecule has 0 radical (unpaired) electrons. The second-order valence-electron chi connectivity index (χ2n) is 3.78. The van der Waals surface area contributed by atoms with E-state index in [1.165, 1.54) is 4.88 Å². The summed E-state index contributed by atoms with van der Waals surface area (Å²) < 4.78 is 6.71. The lowest BCUT2D eigenvalue weighted by molar-refractivity contribution is 0.303. The van der Waals surface area contributed by atoms with Gasteiger partial charge in [-0.2, -0.15) is 0 Å². The van der Waals surface area contributed by atoms with Crippen LogP contribution < -0.4 is 10.1 Å². The molecule has 0 atom stereocenters. The summed E-state index contributed by atoms with van der Waals surface area (Å²) in [6, 6.07) is 7.85. The first-order valence-corrected chi connectivity index (χ1v) is 7.03. The SMILES string of the molecule is Brc1ccccc1OCc1nc2c(s1)CCN2. The summed E-state index contributed by atoms with van der Waals surface area (Å²) in [6.45, 7) is 1.54. The van der Waals surface area contributed by atoms with Crippen LogP contribution in [0.5, 0.6) is 5.75 Å². The van der Waals surface area contributed by atoms with Gasteiger partial charge in [0, 0.05) is 13.0 Å². The highest BCUT2D eigenvalue weighted by atomic mass is 79.9. The van der Waals surface area contributed by atoms with Gasteiger partial charge in [0.25, 0.3) is 0 Å². The Labute approximate surface area is 112 Å². The molecular weight excluding hydrogens is 300 g/mol. The average molecular weight is 311 g/mol. The molecule has 2 heterocycles. The Hall–Kier alpha value is -1.07. The normalized spacial score (nSPS) is 13.2. The number of aromatic nitrogens is 1. The van der Waals surface area contributed by atoms with Crippen molar-refractivity contribution in [1.29, 1.82) is 0 Å². The van der Waals surface area contributed by atoms with Crippen molar-refractivity contribution in [3.63, 3.8) is 0 Å². The molecule has 88 valence electrons. The molecule has 5 heteroatoms. The highest BCUT2D eigenvalue weighted by Crippen LogP contribution is 2.30. The van der Waals surface area contributed by atoms with Crippen LogP contribution in [0.15, 0.2) is 28.7 Å². The van der Waals surface area contributed by atoms with Gasteiger partial charge in [0.1, 0.15) is 23.2 Å². The summed E-state index contributed by atoms with van der Waals surface area (Å²) >= 11 is 5.19. The standard InChI is InChI=1S/C12H11BrN2OS/c13-8-3-1-2-4-9(8)16-7-11-15-12-10(17-11)5-6-14-12/h1-4,14H,5-7H2. The van der Waals surface area contributed by atoms with Gasteiger partial charge in [0.05, 0.1) is 9.35 Å². The van der Waals surface area contributed by atoms with Gasteiger partial charge in [-0.25, -0.2) is 4.98 Å².